The molecule has 0 N–H and O–H groups in total. The average Bonchev–Trinajstić information content (AvgIpc) is 3.66. The van der Waals surface area contributed by atoms with E-state index in [9.17, 15) is 0 Å². The monoisotopic (exact) mass is 892 g/mol. The Kier molecular flexibility index (Phi) is 9.46. The van der Waals surface area contributed by atoms with Gasteiger partial charge in [-0.05, 0) is 74.7 Å². The molecule has 0 radical (unpaired) electrons. The number of benzene rings is 3. The van der Waals surface area contributed by atoms with Gasteiger partial charge >= 0.3 is 0 Å². The molecule has 0 amide bonds. The van der Waals surface area contributed by atoms with Gasteiger partial charge in [0, 0.05) is 56.7 Å². The van der Waals surface area contributed by atoms with Crippen LogP contribution in [0.25, 0.3) is 27.6 Å². The van der Waals surface area contributed by atoms with Crippen molar-refractivity contribution in [1.29, 1.82) is 0 Å². The number of para-hydroxylation sites is 1. The van der Waals surface area contributed by atoms with Crippen molar-refractivity contribution in [1.82, 2.24) is 19.5 Å². The average molecular weight is 893 g/mol. The first kappa shape index (κ1) is 37.3. The molecule has 0 saturated carbocycles. The molecule has 4 aromatic heterocycles. The molecule has 54 heavy (non-hydrogen) atoms. The zero-order valence-corrected chi connectivity index (χ0v) is 34.6. The summed E-state index contributed by atoms with van der Waals surface area (Å²) in [6.07, 6.45) is 5.71. The molecule has 8 heteroatoms. The fourth-order valence-corrected chi connectivity index (χ4v) is 6.89. The molecule has 0 atom stereocenters. The second-order valence-corrected chi connectivity index (χ2v) is 16.9. The third-order valence-electron chi connectivity index (χ3n) is 9.88. The van der Waals surface area contributed by atoms with E-state index < -0.39 is 0 Å². The smallest absolute Gasteiger partial charge is 0.135 e. The summed E-state index contributed by atoms with van der Waals surface area (Å²) in [4.78, 5) is 18.9. The SMILES string of the molecule is CC(C)(C)c1ccnc(-n2c3[c-]c(Oc4[c-]c(N5[CH-]N(c6ncc(C(C)(C)C)cc6C(C)(C)C)c6ncccc65)ccc4)ccc3c3ccccc32)c1.[Pt]. The maximum absolute atomic E-state index is 6.53. The van der Waals surface area contributed by atoms with Crippen molar-refractivity contribution in [2.75, 3.05) is 9.80 Å². The Morgan fingerprint density at radius 2 is 1.37 bits per heavy atom. The second-order valence-electron chi connectivity index (χ2n) is 16.9. The van der Waals surface area contributed by atoms with E-state index in [2.05, 4.69) is 150 Å². The van der Waals surface area contributed by atoms with E-state index in [0.29, 0.717) is 11.5 Å². The molecule has 3 aromatic carbocycles. The predicted octanol–water partition coefficient (Wildman–Crippen LogP) is 11.7. The Labute approximate surface area is 333 Å². The fourth-order valence-electron chi connectivity index (χ4n) is 6.89. The molecule has 1 aliphatic rings. The van der Waals surface area contributed by atoms with Gasteiger partial charge in [0.25, 0.3) is 0 Å². The number of nitrogens with zero attached hydrogens (tertiary/aromatic N) is 6. The van der Waals surface area contributed by atoms with E-state index in [1.807, 2.05) is 48.9 Å². The van der Waals surface area contributed by atoms with E-state index in [1.54, 1.807) is 0 Å². The van der Waals surface area contributed by atoms with E-state index in [1.165, 1.54) is 11.1 Å². The standard InChI is InChI=1S/C46H45N6O.Pt/c1-44(2,3)30-21-23-47-41(25-30)52-38-17-11-10-16-35(38)36-20-19-34(27-40(36)52)53-33-15-12-14-32(26-33)50-29-51(43-39(50)18-13-22-48-43)42-37(46(7,8)9)24-31(28-49-42)45(4,5)6;/h10-25,28-29H,1-9H3;/q-3;. The number of ether oxygens (including phenoxy) is 1. The first-order valence-corrected chi connectivity index (χ1v) is 18.2. The zero-order valence-electron chi connectivity index (χ0n) is 32.3. The number of aromatic nitrogens is 4. The largest absolute Gasteiger partial charge is 0.509 e. The topological polar surface area (TPSA) is 59.3 Å². The number of hydrogen-bond acceptors (Lipinski definition) is 6. The molecule has 278 valence electrons. The summed E-state index contributed by atoms with van der Waals surface area (Å²) in [5.74, 6) is 3.69. The Hall–Kier alpha value is -5.00. The van der Waals surface area contributed by atoms with Crippen LogP contribution in [0.4, 0.5) is 23.0 Å². The molecule has 0 aliphatic carbocycles. The summed E-state index contributed by atoms with van der Waals surface area (Å²) < 4.78 is 8.71. The molecular weight excluding hydrogens is 848 g/mol. The van der Waals surface area contributed by atoms with E-state index in [-0.39, 0.29) is 37.3 Å². The van der Waals surface area contributed by atoms with Crippen LogP contribution < -0.4 is 14.5 Å². The number of fused-ring (bicyclic) bond motifs is 4. The van der Waals surface area contributed by atoms with E-state index in [0.717, 1.165) is 56.2 Å². The minimum absolute atomic E-state index is 0. The normalized spacial score (nSPS) is 13.4. The molecule has 7 nitrogen and oxygen atoms in total. The maximum Gasteiger partial charge on any atom is 0.135 e. The van der Waals surface area contributed by atoms with E-state index in [4.69, 9.17) is 19.7 Å². The van der Waals surface area contributed by atoms with Crippen molar-refractivity contribution < 1.29 is 25.8 Å². The number of pyridine rings is 3. The first-order chi connectivity index (χ1) is 25.2. The van der Waals surface area contributed by atoms with Gasteiger partial charge in [-0.2, -0.15) is 12.1 Å². The molecule has 0 spiro atoms. The van der Waals surface area contributed by atoms with Gasteiger partial charge in [-0.1, -0.05) is 86.0 Å². The Morgan fingerprint density at radius 1 is 0.611 bits per heavy atom. The molecule has 8 rings (SSSR count). The van der Waals surface area contributed by atoms with Gasteiger partial charge in [-0.25, -0.2) is 15.0 Å². The van der Waals surface area contributed by atoms with Gasteiger partial charge in [-0.15, -0.1) is 48.1 Å². The van der Waals surface area contributed by atoms with Crippen molar-refractivity contribution in [2.24, 2.45) is 0 Å². The predicted molar refractivity (Wildman–Crippen MR) is 216 cm³/mol. The molecular formula is C46H45N6OPt-3. The molecule has 1 aliphatic heterocycles. The maximum atomic E-state index is 6.53. The minimum atomic E-state index is -0.144. The molecule has 0 saturated heterocycles. The van der Waals surface area contributed by atoms with Gasteiger partial charge < -0.3 is 19.1 Å². The minimum Gasteiger partial charge on any atom is -0.509 e. The van der Waals surface area contributed by atoms with Crippen LogP contribution in [0.3, 0.4) is 0 Å². The molecule has 0 fully saturated rings. The van der Waals surface area contributed by atoms with Crippen molar-refractivity contribution in [3.05, 3.63) is 139 Å². The van der Waals surface area contributed by atoms with Crippen LogP contribution in [0.15, 0.2) is 104 Å². The van der Waals surface area contributed by atoms with Gasteiger partial charge in [0.15, 0.2) is 0 Å². The number of rotatable bonds is 5. The summed E-state index contributed by atoms with van der Waals surface area (Å²) in [6, 6.07) is 36.1. The molecule has 5 heterocycles. The summed E-state index contributed by atoms with van der Waals surface area (Å²) in [6.45, 7) is 22.1. The Balaban J connectivity index is 0.00000450. The second kappa shape index (κ2) is 13.7. The first-order valence-electron chi connectivity index (χ1n) is 18.2. The van der Waals surface area contributed by atoms with Crippen molar-refractivity contribution in [3.63, 3.8) is 0 Å². The van der Waals surface area contributed by atoms with Crippen LogP contribution in [-0.2, 0) is 37.3 Å². The van der Waals surface area contributed by atoms with Crippen molar-refractivity contribution in [3.8, 4) is 17.3 Å². The van der Waals surface area contributed by atoms with Crippen LogP contribution in [0.2, 0.25) is 0 Å². The van der Waals surface area contributed by atoms with Crippen LogP contribution in [-0.4, -0.2) is 19.5 Å². The van der Waals surface area contributed by atoms with E-state index >= 15 is 0 Å². The summed E-state index contributed by atoms with van der Waals surface area (Å²) in [7, 11) is 0. The Morgan fingerprint density at radius 3 is 2.13 bits per heavy atom. The Bertz CT molecular complexity index is 2500. The van der Waals surface area contributed by atoms with Gasteiger partial charge in [0.05, 0.1) is 5.69 Å². The molecule has 0 bridgehead atoms. The van der Waals surface area contributed by atoms with Crippen LogP contribution in [0, 0.1) is 18.8 Å². The van der Waals surface area contributed by atoms with Crippen molar-refractivity contribution >= 4 is 44.8 Å². The quantitative estimate of drug-likeness (QED) is 0.160. The van der Waals surface area contributed by atoms with Crippen molar-refractivity contribution in [2.45, 2.75) is 78.6 Å². The number of hydrogen-bond donors (Lipinski definition) is 0. The van der Waals surface area contributed by atoms with Gasteiger partial charge in [0.2, 0.25) is 0 Å². The third-order valence-corrected chi connectivity index (χ3v) is 9.88. The zero-order chi connectivity index (χ0) is 37.3. The van der Waals surface area contributed by atoms with Gasteiger partial charge in [-0.3, -0.25) is 0 Å². The third kappa shape index (κ3) is 6.79. The molecule has 7 aromatic rings. The van der Waals surface area contributed by atoms with Crippen LogP contribution >= 0.6 is 0 Å². The van der Waals surface area contributed by atoms with Crippen LogP contribution in [0.5, 0.6) is 11.5 Å². The van der Waals surface area contributed by atoms with Crippen LogP contribution in [0.1, 0.15) is 79.0 Å². The number of anilines is 4. The fraction of sp³-hybridized carbons (Fsp3) is 0.261. The van der Waals surface area contributed by atoms with Gasteiger partial charge in [0.1, 0.15) is 17.5 Å². The summed E-state index contributed by atoms with van der Waals surface area (Å²) in [5, 5.41) is 2.23. The summed E-state index contributed by atoms with van der Waals surface area (Å²) in [5.41, 5.74) is 7.12. The summed E-state index contributed by atoms with van der Waals surface area (Å²) >= 11 is 0. The molecule has 0 unspecified atom stereocenters.